The molecular weight excluding hydrogens is 212 g/mol. The molecule has 0 spiro atoms. The topological polar surface area (TPSA) is 137 Å². The second-order valence-electron chi connectivity index (χ2n) is 2.90. The van der Waals surface area contributed by atoms with Crippen molar-refractivity contribution in [3.63, 3.8) is 0 Å². The van der Waals surface area contributed by atoms with Gasteiger partial charge >= 0.3 is 6.09 Å². The summed E-state index contributed by atoms with van der Waals surface area (Å²) in [4.78, 5) is 16.9. The number of carbonyl (C=O) groups is 1. The maximum absolute atomic E-state index is 10.4. The number of nitrogens with two attached hydrogens (primary N) is 1. The molecule has 0 bridgehead atoms. The molecular formula is C8H10N6O2. The average molecular weight is 222 g/mol. The Hall–Kier alpha value is -2.31. The van der Waals surface area contributed by atoms with Gasteiger partial charge in [0.1, 0.15) is 5.82 Å². The predicted molar refractivity (Wildman–Crippen MR) is 56.8 cm³/mol. The number of rotatable bonds is 4. The van der Waals surface area contributed by atoms with Crippen molar-refractivity contribution in [1.29, 1.82) is 0 Å². The highest BCUT2D eigenvalue weighted by Crippen LogP contribution is 2.11. The third kappa shape index (κ3) is 3.45. The lowest BCUT2D eigenvalue weighted by Crippen LogP contribution is -2.16. The fraction of sp³-hybridized carbons (Fsp3) is 0.250. The van der Waals surface area contributed by atoms with Crippen molar-refractivity contribution in [2.24, 2.45) is 10.8 Å². The van der Waals surface area contributed by atoms with E-state index in [1.165, 1.54) is 6.07 Å². The van der Waals surface area contributed by atoms with Gasteiger partial charge in [0.2, 0.25) is 0 Å². The largest absolute Gasteiger partial charge is 0.465 e. The van der Waals surface area contributed by atoms with E-state index < -0.39 is 12.1 Å². The first kappa shape index (κ1) is 11.8. The van der Waals surface area contributed by atoms with Crippen molar-refractivity contribution >= 4 is 11.9 Å². The molecule has 0 aliphatic carbocycles. The van der Waals surface area contributed by atoms with Crippen molar-refractivity contribution in [1.82, 2.24) is 4.98 Å². The average Bonchev–Trinajstić information content (AvgIpc) is 2.25. The summed E-state index contributed by atoms with van der Waals surface area (Å²) in [6, 6.07) is 4.19. The molecule has 1 aromatic rings. The molecule has 8 heteroatoms. The first-order chi connectivity index (χ1) is 7.63. The molecule has 0 unspecified atom stereocenters. The first-order valence-corrected chi connectivity index (χ1v) is 4.37. The van der Waals surface area contributed by atoms with Gasteiger partial charge < -0.3 is 10.8 Å². The number of azide groups is 1. The van der Waals surface area contributed by atoms with Crippen molar-refractivity contribution < 1.29 is 9.90 Å². The zero-order valence-corrected chi connectivity index (χ0v) is 8.24. The molecule has 1 heterocycles. The van der Waals surface area contributed by atoms with Gasteiger partial charge in [0, 0.05) is 11.5 Å². The van der Waals surface area contributed by atoms with Crippen molar-refractivity contribution in [2.45, 2.75) is 6.04 Å². The summed E-state index contributed by atoms with van der Waals surface area (Å²) in [6.07, 6.45) is -1.20. The van der Waals surface area contributed by atoms with Gasteiger partial charge in [-0.25, -0.2) is 9.78 Å². The van der Waals surface area contributed by atoms with Gasteiger partial charge in [-0.1, -0.05) is 11.2 Å². The lowest BCUT2D eigenvalue weighted by molar-refractivity contribution is 0.209. The van der Waals surface area contributed by atoms with Crippen LogP contribution in [0.25, 0.3) is 10.4 Å². The number of hydrogen-bond donors (Lipinski definition) is 3. The second-order valence-corrected chi connectivity index (χ2v) is 2.90. The lowest BCUT2D eigenvalue weighted by atomic mass is 10.2. The number of carboxylic acid groups (broad SMARTS) is 1. The molecule has 0 saturated heterocycles. The van der Waals surface area contributed by atoms with E-state index >= 15 is 0 Å². The van der Waals surface area contributed by atoms with Crippen LogP contribution in [0.2, 0.25) is 0 Å². The van der Waals surface area contributed by atoms with E-state index in [9.17, 15) is 4.79 Å². The normalized spacial score (nSPS) is 11.3. The Kier molecular flexibility index (Phi) is 4.07. The van der Waals surface area contributed by atoms with Crippen LogP contribution in [-0.2, 0) is 0 Å². The summed E-state index contributed by atoms with van der Waals surface area (Å²) in [5.41, 5.74) is 14.3. The molecule has 0 aromatic carbocycles. The van der Waals surface area contributed by atoms with Crippen molar-refractivity contribution in [3.05, 3.63) is 34.3 Å². The first-order valence-electron chi connectivity index (χ1n) is 4.37. The molecule has 0 fully saturated rings. The number of amides is 1. The number of anilines is 1. The van der Waals surface area contributed by atoms with Gasteiger partial charge in [0.25, 0.3) is 0 Å². The van der Waals surface area contributed by atoms with Crippen molar-refractivity contribution in [3.8, 4) is 0 Å². The summed E-state index contributed by atoms with van der Waals surface area (Å²) >= 11 is 0. The zero-order valence-electron chi connectivity index (χ0n) is 8.24. The van der Waals surface area contributed by atoms with Crippen molar-refractivity contribution in [2.75, 3.05) is 11.9 Å². The van der Waals surface area contributed by atoms with Gasteiger partial charge in [-0.2, -0.15) is 0 Å². The van der Waals surface area contributed by atoms with Crippen LogP contribution in [0, 0.1) is 0 Å². The highest BCUT2D eigenvalue weighted by Gasteiger charge is 2.07. The van der Waals surface area contributed by atoms with E-state index in [0.717, 1.165) is 0 Å². The Morgan fingerprint density at radius 3 is 3.12 bits per heavy atom. The smallest absolute Gasteiger partial charge is 0.410 e. The fourth-order valence-corrected chi connectivity index (χ4v) is 1.06. The van der Waals surface area contributed by atoms with Crippen LogP contribution in [0.4, 0.5) is 10.6 Å². The molecule has 0 aliphatic rings. The Morgan fingerprint density at radius 1 is 1.75 bits per heavy atom. The van der Waals surface area contributed by atoms with Crippen LogP contribution in [0.1, 0.15) is 11.7 Å². The van der Waals surface area contributed by atoms with Gasteiger partial charge in [-0.3, -0.25) is 5.32 Å². The van der Waals surface area contributed by atoms with E-state index in [0.29, 0.717) is 5.69 Å². The molecule has 1 aromatic heterocycles. The van der Waals surface area contributed by atoms with Gasteiger partial charge in [0.15, 0.2) is 0 Å². The van der Waals surface area contributed by atoms with E-state index in [1.54, 1.807) is 12.1 Å². The van der Waals surface area contributed by atoms with E-state index in [2.05, 4.69) is 20.3 Å². The maximum Gasteiger partial charge on any atom is 0.410 e. The molecule has 8 nitrogen and oxygen atoms in total. The fourth-order valence-electron chi connectivity index (χ4n) is 1.06. The number of aromatic nitrogens is 1. The third-order valence-corrected chi connectivity index (χ3v) is 1.73. The molecule has 0 radical (unpaired) electrons. The van der Waals surface area contributed by atoms with E-state index in [4.69, 9.17) is 16.4 Å². The number of hydrogen-bond acceptors (Lipinski definition) is 4. The molecule has 4 N–H and O–H groups in total. The molecule has 1 rings (SSSR count). The monoisotopic (exact) mass is 222 g/mol. The maximum atomic E-state index is 10.4. The minimum Gasteiger partial charge on any atom is -0.465 e. The molecule has 84 valence electrons. The highest BCUT2D eigenvalue weighted by atomic mass is 16.4. The summed E-state index contributed by atoms with van der Waals surface area (Å²) in [5.74, 6) is 0.182. The molecule has 0 saturated carbocycles. The van der Waals surface area contributed by atoms with Gasteiger partial charge in [0.05, 0.1) is 11.7 Å². The quantitative estimate of drug-likeness (QED) is 0.403. The summed E-state index contributed by atoms with van der Waals surface area (Å²) in [6.45, 7) is 0.0695. The highest BCUT2D eigenvalue weighted by molar-refractivity contribution is 5.81. The van der Waals surface area contributed by atoms with E-state index in [-0.39, 0.29) is 12.4 Å². The lowest BCUT2D eigenvalue weighted by Gasteiger charge is -2.08. The molecule has 0 aliphatic heterocycles. The Morgan fingerprint density at radius 2 is 2.50 bits per heavy atom. The summed E-state index contributed by atoms with van der Waals surface area (Å²) in [5, 5.41) is 13.9. The minimum absolute atomic E-state index is 0.0695. The zero-order chi connectivity index (χ0) is 12.0. The predicted octanol–water partition coefficient (Wildman–Crippen LogP) is 1.48. The van der Waals surface area contributed by atoms with Crippen LogP contribution < -0.4 is 11.1 Å². The number of nitrogens with zero attached hydrogens (tertiary/aromatic N) is 4. The summed E-state index contributed by atoms with van der Waals surface area (Å²) < 4.78 is 0. The van der Waals surface area contributed by atoms with Crippen LogP contribution in [0.3, 0.4) is 0 Å². The molecule has 1 amide bonds. The number of nitrogens with one attached hydrogen (secondary N) is 1. The third-order valence-electron chi connectivity index (χ3n) is 1.73. The van der Waals surface area contributed by atoms with Gasteiger partial charge in [-0.05, 0) is 17.7 Å². The van der Waals surface area contributed by atoms with Crippen LogP contribution in [0.15, 0.2) is 23.3 Å². The van der Waals surface area contributed by atoms with E-state index in [1.807, 2.05) is 0 Å². The standard InChI is InChI=1S/C8H10N6O2/c9-5(4-11-14-10)6-2-1-3-7(12-6)13-8(15)16/h1-3,5H,4,9H2,(H,12,13)(H,15,16)/t5-/m0/s1. The van der Waals surface area contributed by atoms with Crippen LogP contribution in [-0.4, -0.2) is 22.7 Å². The van der Waals surface area contributed by atoms with Crippen LogP contribution >= 0.6 is 0 Å². The minimum atomic E-state index is -1.20. The SMILES string of the molecule is [N-]=[N+]=NC[C@H](N)c1cccc(NC(=O)O)n1. The number of pyridine rings is 1. The summed E-state index contributed by atoms with van der Waals surface area (Å²) in [7, 11) is 0. The molecule has 1 atom stereocenters. The Balaban J connectivity index is 2.80. The molecule has 16 heavy (non-hydrogen) atoms. The second kappa shape index (κ2) is 5.54. The Labute approximate surface area is 90.7 Å². The van der Waals surface area contributed by atoms with Crippen LogP contribution in [0.5, 0.6) is 0 Å². The Bertz CT molecular complexity index is 428. The van der Waals surface area contributed by atoms with Gasteiger partial charge in [-0.15, -0.1) is 0 Å².